The summed E-state index contributed by atoms with van der Waals surface area (Å²) >= 11 is 0. The van der Waals surface area contributed by atoms with E-state index in [1.807, 2.05) is 0 Å². The van der Waals surface area contributed by atoms with E-state index in [0.29, 0.717) is 29.7 Å². The number of carbonyl (C=O) groups is 3. The first-order chi connectivity index (χ1) is 16.1. The number of anilines is 1. The van der Waals surface area contributed by atoms with Crippen molar-refractivity contribution in [3.63, 3.8) is 0 Å². The van der Waals surface area contributed by atoms with Gasteiger partial charge in [0.1, 0.15) is 12.3 Å². The number of fused-ring (bicyclic) bond motifs is 1. The van der Waals surface area contributed by atoms with Crippen LogP contribution >= 0.6 is 0 Å². The van der Waals surface area contributed by atoms with Crippen LogP contribution in [0.1, 0.15) is 29.8 Å². The molecule has 0 unspecified atom stereocenters. The van der Waals surface area contributed by atoms with Crippen molar-refractivity contribution < 1.29 is 32.3 Å². The number of likely N-dealkylation sites (N-methyl/N-ethyl adjacent to an activating group) is 1. The molecule has 180 valence electrons. The van der Waals surface area contributed by atoms with Gasteiger partial charge in [-0.05, 0) is 44.2 Å². The van der Waals surface area contributed by atoms with Crippen LogP contribution in [0.5, 0.6) is 5.75 Å². The highest BCUT2D eigenvalue weighted by molar-refractivity contribution is 6.44. The highest BCUT2D eigenvalue weighted by atomic mass is 19.4. The molecule has 2 aromatic carbocycles. The van der Waals surface area contributed by atoms with Gasteiger partial charge in [0.15, 0.2) is 0 Å². The Morgan fingerprint density at radius 1 is 1.06 bits per heavy atom. The zero-order valence-electron chi connectivity index (χ0n) is 18.9. The molecule has 0 radical (unpaired) electrons. The molecular weight excluding hydrogens is 451 g/mol. The molecule has 0 saturated carbocycles. The Bertz CT molecular complexity index is 1230. The molecule has 0 aliphatic heterocycles. The zero-order valence-corrected chi connectivity index (χ0v) is 18.9. The molecule has 0 bridgehead atoms. The maximum absolute atomic E-state index is 13.0. The van der Waals surface area contributed by atoms with Crippen molar-refractivity contribution in [2.45, 2.75) is 26.6 Å². The summed E-state index contributed by atoms with van der Waals surface area (Å²) in [5, 5.41) is 2.90. The van der Waals surface area contributed by atoms with Crippen molar-refractivity contribution in [2.24, 2.45) is 0 Å². The molecule has 0 atom stereocenters. The first-order valence-corrected chi connectivity index (χ1v) is 10.6. The monoisotopic (exact) mass is 475 g/mol. The van der Waals surface area contributed by atoms with Crippen LogP contribution in [0.4, 0.5) is 18.9 Å². The van der Waals surface area contributed by atoms with Crippen LogP contribution in [0.2, 0.25) is 0 Å². The fraction of sp³-hybridized carbons (Fsp3) is 0.292. The van der Waals surface area contributed by atoms with Crippen molar-refractivity contribution in [2.75, 3.05) is 25.5 Å². The van der Waals surface area contributed by atoms with Crippen LogP contribution < -0.4 is 10.1 Å². The quantitative estimate of drug-likeness (QED) is 0.388. The summed E-state index contributed by atoms with van der Waals surface area (Å²) in [6, 6.07) is 9.17. The number of ether oxygens (including phenoxy) is 1. The predicted molar refractivity (Wildman–Crippen MR) is 121 cm³/mol. The first-order valence-electron chi connectivity index (χ1n) is 10.6. The third-order valence-corrected chi connectivity index (χ3v) is 5.37. The molecule has 0 spiro atoms. The number of hydrogen-bond donors (Lipinski definition) is 1. The van der Waals surface area contributed by atoms with E-state index in [1.165, 1.54) is 34.9 Å². The fourth-order valence-corrected chi connectivity index (χ4v) is 3.61. The van der Waals surface area contributed by atoms with Crippen molar-refractivity contribution in [3.8, 4) is 5.75 Å². The van der Waals surface area contributed by atoms with Gasteiger partial charge in [-0.2, -0.15) is 13.2 Å². The molecule has 10 heteroatoms. The van der Waals surface area contributed by atoms with E-state index in [9.17, 15) is 27.6 Å². The van der Waals surface area contributed by atoms with E-state index in [0.717, 1.165) is 12.1 Å². The Balaban J connectivity index is 1.93. The average Bonchev–Trinajstić information content (AvgIpc) is 3.16. The number of methoxy groups -OCH3 is 1. The highest BCUT2D eigenvalue weighted by Crippen LogP contribution is 2.31. The Labute approximate surface area is 194 Å². The molecule has 1 aromatic heterocycles. The molecule has 7 nitrogen and oxygen atoms in total. The molecule has 0 aliphatic rings. The number of aromatic nitrogens is 1. The number of Topliss-reactive ketones (excluding diaryl/α,β-unsaturated/α-hetero) is 1. The second kappa shape index (κ2) is 9.98. The summed E-state index contributed by atoms with van der Waals surface area (Å²) in [6.07, 6.45) is -3.14. The second-order valence-electron chi connectivity index (χ2n) is 7.49. The average molecular weight is 475 g/mol. The molecule has 0 saturated heterocycles. The molecule has 0 fully saturated rings. The van der Waals surface area contributed by atoms with Crippen LogP contribution in [-0.2, 0) is 22.3 Å². The van der Waals surface area contributed by atoms with Gasteiger partial charge < -0.3 is 19.5 Å². The zero-order chi connectivity index (χ0) is 25.0. The van der Waals surface area contributed by atoms with Gasteiger partial charge in [-0.1, -0.05) is 6.07 Å². The minimum Gasteiger partial charge on any atom is -0.497 e. The van der Waals surface area contributed by atoms with Crippen molar-refractivity contribution in [1.82, 2.24) is 9.47 Å². The smallest absolute Gasteiger partial charge is 0.416 e. The van der Waals surface area contributed by atoms with E-state index in [1.54, 1.807) is 32.0 Å². The number of benzene rings is 2. The van der Waals surface area contributed by atoms with E-state index in [4.69, 9.17) is 4.74 Å². The third kappa shape index (κ3) is 5.22. The van der Waals surface area contributed by atoms with Crippen molar-refractivity contribution >= 4 is 34.2 Å². The van der Waals surface area contributed by atoms with Gasteiger partial charge in [-0.15, -0.1) is 0 Å². The topological polar surface area (TPSA) is 80.6 Å². The molecule has 2 amide bonds. The predicted octanol–water partition coefficient (Wildman–Crippen LogP) is 4.36. The van der Waals surface area contributed by atoms with E-state index in [2.05, 4.69) is 5.32 Å². The Hall–Kier alpha value is -3.82. The number of nitrogens with one attached hydrogen (secondary N) is 1. The van der Waals surface area contributed by atoms with Crippen molar-refractivity contribution in [1.29, 1.82) is 0 Å². The van der Waals surface area contributed by atoms with Gasteiger partial charge in [0.2, 0.25) is 5.91 Å². The normalized spacial score (nSPS) is 11.4. The Morgan fingerprint density at radius 3 is 2.38 bits per heavy atom. The lowest BCUT2D eigenvalue weighted by Gasteiger charge is -2.17. The van der Waals surface area contributed by atoms with E-state index < -0.39 is 29.3 Å². The molecule has 1 heterocycles. The summed E-state index contributed by atoms with van der Waals surface area (Å²) in [4.78, 5) is 39.6. The van der Waals surface area contributed by atoms with Crippen LogP contribution in [-0.4, -0.2) is 47.3 Å². The first kappa shape index (κ1) is 24.8. The minimum atomic E-state index is -4.54. The lowest BCUT2D eigenvalue weighted by atomic mass is 10.1. The number of hydrogen-bond acceptors (Lipinski definition) is 4. The fourth-order valence-electron chi connectivity index (χ4n) is 3.61. The van der Waals surface area contributed by atoms with Crippen LogP contribution in [0.25, 0.3) is 10.9 Å². The number of carbonyl (C=O) groups excluding carboxylic acids is 3. The third-order valence-electron chi connectivity index (χ3n) is 5.37. The summed E-state index contributed by atoms with van der Waals surface area (Å²) in [7, 11) is 1.46. The van der Waals surface area contributed by atoms with Crippen LogP contribution in [0, 0.1) is 0 Å². The van der Waals surface area contributed by atoms with Gasteiger partial charge in [0.25, 0.3) is 11.7 Å². The van der Waals surface area contributed by atoms with Gasteiger partial charge in [0, 0.05) is 36.4 Å². The standard InChI is InChI=1S/C24H24F3N3O4/c1-4-29(5-2)23(33)22(32)19-13-30(20-12-17(34-3)9-10-18(19)20)14-21(31)28-16-8-6-7-15(11-16)24(25,26)27/h6-13H,4-5,14H2,1-3H3,(H,28,31). The molecule has 3 rings (SSSR count). The minimum absolute atomic E-state index is 0.0121. The Kier molecular flexibility index (Phi) is 7.29. The SMILES string of the molecule is CCN(CC)C(=O)C(=O)c1cn(CC(=O)Nc2cccc(C(F)(F)F)c2)c2cc(OC)ccc12. The lowest BCUT2D eigenvalue weighted by molar-refractivity contribution is -0.137. The van der Waals surface area contributed by atoms with Gasteiger partial charge in [0.05, 0.1) is 23.8 Å². The van der Waals surface area contributed by atoms with Crippen molar-refractivity contribution in [3.05, 3.63) is 59.8 Å². The molecule has 1 N–H and O–H groups in total. The maximum Gasteiger partial charge on any atom is 0.416 e. The summed E-state index contributed by atoms with van der Waals surface area (Å²) in [5.41, 5.74) is -0.304. The highest BCUT2D eigenvalue weighted by Gasteiger charge is 2.30. The summed E-state index contributed by atoms with van der Waals surface area (Å²) in [5.74, 6) is -1.50. The maximum atomic E-state index is 13.0. The van der Waals surface area contributed by atoms with Gasteiger partial charge in [-0.3, -0.25) is 14.4 Å². The molecular formula is C24H24F3N3O4. The van der Waals surface area contributed by atoms with Crippen LogP contribution in [0.3, 0.4) is 0 Å². The molecule has 34 heavy (non-hydrogen) atoms. The van der Waals surface area contributed by atoms with E-state index in [-0.39, 0.29) is 17.8 Å². The number of amides is 2. The number of ketones is 1. The largest absolute Gasteiger partial charge is 0.497 e. The Morgan fingerprint density at radius 2 is 1.76 bits per heavy atom. The van der Waals surface area contributed by atoms with Crippen LogP contribution in [0.15, 0.2) is 48.7 Å². The number of alkyl halides is 3. The summed E-state index contributed by atoms with van der Waals surface area (Å²) in [6.45, 7) is 3.97. The van der Waals surface area contributed by atoms with Gasteiger partial charge in [-0.25, -0.2) is 0 Å². The second-order valence-corrected chi connectivity index (χ2v) is 7.49. The molecule has 0 aliphatic carbocycles. The summed E-state index contributed by atoms with van der Waals surface area (Å²) < 4.78 is 45.6. The van der Waals surface area contributed by atoms with E-state index >= 15 is 0 Å². The number of halogens is 3. The molecule has 3 aromatic rings. The number of rotatable bonds is 8. The van der Waals surface area contributed by atoms with Gasteiger partial charge >= 0.3 is 6.18 Å². The number of nitrogens with zero attached hydrogens (tertiary/aromatic N) is 2. The lowest BCUT2D eigenvalue weighted by Crippen LogP contribution is -2.36.